The number of carbonyl (C=O) groups is 2. The zero-order valence-electron chi connectivity index (χ0n) is 14.5. The summed E-state index contributed by atoms with van der Waals surface area (Å²) < 4.78 is 0. The predicted molar refractivity (Wildman–Crippen MR) is 94.9 cm³/mol. The molecule has 0 bridgehead atoms. The minimum atomic E-state index is -0.431. The SMILES string of the molecule is CC(C)c1ccc(NC(=O)C[C@@H]2N[C@H]3CCCC[C@H]3NC2=O)cc1. The fourth-order valence-corrected chi connectivity index (χ4v) is 3.62. The summed E-state index contributed by atoms with van der Waals surface area (Å²) in [5.74, 6) is 0.283. The second-order valence-electron chi connectivity index (χ2n) is 7.25. The number of fused-ring (bicyclic) bond motifs is 1. The Kier molecular flexibility index (Phi) is 5.19. The highest BCUT2D eigenvalue weighted by molar-refractivity contribution is 5.95. The molecule has 3 rings (SSSR count). The van der Waals surface area contributed by atoms with E-state index in [1.54, 1.807) is 0 Å². The largest absolute Gasteiger partial charge is 0.350 e. The summed E-state index contributed by atoms with van der Waals surface area (Å²) in [5, 5.41) is 9.34. The molecule has 24 heavy (non-hydrogen) atoms. The van der Waals surface area contributed by atoms with Gasteiger partial charge in [0.05, 0.1) is 12.5 Å². The standard InChI is InChI=1S/C19H27N3O2/c1-12(2)13-7-9-14(10-8-13)20-18(23)11-17-19(24)22-16-6-4-3-5-15(16)21-17/h7-10,12,15-17,21H,3-6,11H2,1-2H3,(H,20,23)(H,22,24)/t15-,16+,17-/m0/s1. The van der Waals surface area contributed by atoms with E-state index < -0.39 is 6.04 Å². The van der Waals surface area contributed by atoms with E-state index in [2.05, 4.69) is 29.8 Å². The Bertz CT molecular complexity index is 597. The molecule has 0 radical (unpaired) electrons. The lowest BCUT2D eigenvalue weighted by molar-refractivity contribution is -0.129. The van der Waals surface area contributed by atoms with Gasteiger partial charge in [-0.25, -0.2) is 0 Å². The van der Waals surface area contributed by atoms with E-state index in [0.29, 0.717) is 12.0 Å². The van der Waals surface area contributed by atoms with Crippen LogP contribution in [-0.2, 0) is 9.59 Å². The van der Waals surface area contributed by atoms with E-state index in [4.69, 9.17) is 0 Å². The predicted octanol–water partition coefficient (Wildman–Crippen LogP) is 2.54. The molecule has 0 aromatic heterocycles. The number of hydrogen-bond acceptors (Lipinski definition) is 3. The van der Waals surface area contributed by atoms with Crippen molar-refractivity contribution < 1.29 is 9.59 Å². The summed E-state index contributed by atoms with van der Waals surface area (Å²) in [4.78, 5) is 24.5. The van der Waals surface area contributed by atoms with Gasteiger partial charge in [0.25, 0.3) is 0 Å². The van der Waals surface area contributed by atoms with Crippen LogP contribution >= 0.6 is 0 Å². The number of nitrogens with one attached hydrogen (secondary N) is 3. The van der Waals surface area contributed by atoms with Crippen LogP contribution in [0.25, 0.3) is 0 Å². The van der Waals surface area contributed by atoms with Crippen LogP contribution in [0.3, 0.4) is 0 Å². The first-order valence-electron chi connectivity index (χ1n) is 8.99. The molecule has 1 aromatic carbocycles. The molecule has 5 nitrogen and oxygen atoms in total. The molecule has 3 atom stereocenters. The van der Waals surface area contributed by atoms with Crippen LogP contribution in [0.5, 0.6) is 0 Å². The van der Waals surface area contributed by atoms with Crippen LogP contribution in [0, 0.1) is 0 Å². The highest BCUT2D eigenvalue weighted by atomic mass is 16.2. The van der Waals surface area contributed by atoms with Crippen LogP contribution in [-0.4, -0.2) is 29.9 Å². The maximum absolute atomic E-state index is 12.3. The fraction of sp³-hybridized carbons (Fsp3) is 0.579. The number of amides is 2. The molecule has 130 valence electrons. The van der Waals surface area contributed by atoms with Gasteiger partial charge in [-0.1, -0.05) is 38.8 Å². The second kappa shape index (κ2) is 7.34. The highest BCUT2D eigenvalue weighted by Crippen LogP contribution is 2.22. The highest BCUT2D eigenvalue weighted by Gasteiger charge is 2.36. The van der Waals surface area contributed by atoms with Crippen LogP contribution in [0.4, 0.5) is 5.69 Å². The Morgan fingerprint density at radius 1 is 1.17 bits per heavy atom. The maximum atomic E-state index is 12.3. The first-order chi connectivity index (χ1) is 11.5. The van der Waals surface area contributed by atoms with E-state index in [1.807, 2.05) is 24.3 Å². The van der Waals surface area contributed by atoms with E-state index in [1.165, 1.54) is 18.4 Å². The van der Waals surface area contributed by atoms with E-state index in [0.717, 1.165) is 18.5 Å². The average Bonchev–Trinajstić information content (AvgIpc) is 2.56. The molecule has 3 N–H and O–H groups in total. The summed E-state index contributed by atoms with van der Waals surface area (Å²) in [7, 11) is 0. The third-order valence-corrected chi connectivity index (χ3v) is 5.08. The molecule has 1 heterocycles. The van der Waals surface area contributed by atoms with Crippen molar-refractivity contribution in [3.8, 4) is 0 Å². The monoisotopic (exact) mass is 329 g/mol. The molecule has 0 spiro atoms. The van der Waals surface area contributed by atoms with E-state index in [-0.39, 0.29) is 24.3 Å². The van der Waals surface area contributed by atoms with Gasteiger partial charge in [-0.15, -0.1) is 0 Å². The van der Waals surface area contributed by atoms with Crippen LogP contribution < -0.4 is 16.0 Å². The van der Waals surface area contributed by atoms with Crippen molar-refractivity contribution in [2.24, 2.45) is 0 Å². The molecular formula is C19H27N3O2. The Morgan fingerprint density at radius 2 is 1.83 bits per heavy atom. The topological polar surface area (TPSA) is 70.2 Å². The van der Waals surface area contributed by atoms with Gasteiger partial charge in [0.1, 0.15) is 0 Å². The van der Waals surface area contributed by atoms with Crippen molar-refractivity contribution in [1.29, 1.82) is 0 Å². The molecule has 1 saturated carbocycles. The molecule has 2 fully saturated rings. The summed E-state index contributed by atoms with van der Waals surface area (Å²) in [6.07, 6.45) is 4.62. The fourth-order valence-electron chi connectivity index (χ4n) is 3.62. The van der Waals surface area contributed by atoms with Gasteiger partial charge in [0.15, 0.2) is 0 Å². The van der Waals surface area contributed by atoms with Crippen LogP contribution in [0.2, 0.25) is 0 Å². The Morgan fingerprint density at radius 3 is 2.50 bits per heavy atom. The third-order valence-electron chi connectivity index (χ3n) is 5.08. The second-order valence-corrected chi connectivity index (χ2v) is 7.25. The normalized spacial score (nSPS) is 26.6. The molecule has 2 aliphatic rings. The molecule has 1 aliphatic carbocycles. The minimum Gasteiger partial charge on any atom is -0.350 e. The van der Waals surface area contributed by atoms with Crippen LogP contribution in [0.15, 0.2) is 24.3 Å². The lowest BCUT2D eigenvalue weighted by atomic mass is 9.87. The van der Waals surface area contributed by atoms with Crippen molar-refractivity contribution in [1.82, 2.24) is 10.6 Å². The van der Waals surface area contributed by atoms with Crippen molar-refractivity contribution >= 4 is 17.5 Å². The molecule has 1 aliphatic heterocycles. The van der Waals surface area contributed by atoms with Gasteiger partial charge in [-0.05, 0) is 36.5 Å². The van der Waals surface area contributed by atoms with E-state index >= 15 is 0 Å². The summed E-state index contributed by atoms with van der Waals surface area (Å²) >= 11 is 0. The van der Waals surface area contributed by atoms with Crippen molar-refractivity contribution in [3.05, 3.63) is 29.8 Å². The van der Waals surface area contributed by atoms with Gasteiger partial charge >= 0.3 is 0 Å². The Hall–Kier alpha value is -1.88. The average molecular weight is 329 g/mol. The molecule has 2 amide bonds. The van der Waals surface area contributed by atoms with Gasteiger partial charge in [-0.2, -0.15) is 0 Å². The van der Waals surface area contributed by atoms with Gasteiger partial charge < -0.3 is 16.0 Å². The minimum absolute atomic E-state index is 0.0524. The lowest BCUT2D eigenvalue weighted by Gasteiger charge is -2.40. The third kappa shape index (κ3) is 3.96. The number of carbonyl (C=O) groups excluding carboxylic acids is 2. The first kappa shape index (κ1) is 17.0. The number of benzene rings is 1. The molecule has 0 unspecified atom stereocenters. The molecular weight excluding hydrogens is 302 g/mol. The maximum Gasteiger partial charge on any atom is 0.237 e. The zero-order valence-corrected chi connectivity index (χ0v) is 14.5. The number of hydrogen-bond donors (Lipinski definition) is 3. The van der Waals surface area contributed by atoms with E-state index in [9.17, 15) is 9.59 Å². The molecule has 1 saturated heterocycles. The number of rotatable bonds is 4. The van der Waals surface area contributed by atoms with Crippen molar-refractivity contribution in [3.63, 3.8) is 0 Å². The van der Waals surface area contributed by atoms with Crippen molar-refractivity contribution in [2.75, 3.05) is 5.32 Å². The summed E-state index contributed by atoms with van der Waals surface area (Å²) in [5.41, 5.74) is 2.01. The molecule has 1 aromatic rings. The summed E-state index contributed by atoms with van der Waals surface area (Å²) in [6.45, 7) is 4.28. The quantitative estimate of drug-likeness (QED) is 0.795. The van der Waals surface area contributed by atoms with Gasteiger partial charge in [-0.3, -0.25) is 9.59 Å². The van der Waals surface area contributed by atoms with Crippen molar-refractivity contribution in [2.45, 2.75) is 70.0 Å². The number of anilines is 1. The lowest BCUT2D eigenvalue weighted by Crippen LogP contribution is -2.65. The first-order valence-corrected chi connectivity index (χ1v) is 8.99. The summed E-state index contributed by atoms with van der Waals surface area (Å²) in [6, 6.07) is 7.99. The van der Waals surface area contributed by atoms with Gasteiger partial charge in [0, 0.05) is 17.8 Å². The Balaban J connectivity index is 1.55. The zero-order chi connectivity index (χ0) is 17.1. The smallest absolute Gasteiger partial charge is 0.237 e. The Labute approximate surface area is 143 Å². The van der Waals surface area contributed by atoms with Gasteiger partial charge in [0.2, 0.25) is 11.8 Å². The van der Waals surface area contributed by atoms with Crippen LogP contribution in [0.1, 0.15) is 57.4 Å². The molecule has 5 heteroatoms. The number of piperazine rings is 1.